The van der Waals surface area contributed by atoms with Crippen LogP contribution in [0.25, 0.3) is 0 Å². The Hall–Kier alpha value is -2.04. The molecule has 2 rings (SSSR count). The Bertz CT molecular complexity index is 550. The van der Waals surface area contributed by atoms with Gasteiger partial charge in [0.05, 0.1) is 13.0 Å². The third-order valence-electron chi connectivity index (χ3n) is 4.35. The van der Waals surface area contributed by atoms with Gasteiger partial charge in [0.15, 0.2) is 6.10 Å². The number of amides is 1. The first-order chi connectivity index (χ1) is 11.1. The number of rotatable bonds is 5. The number of aryl methyl sites for hydroxylation is 1. The van der Waals surface area contributed by atoms with Gasteiger partial charge in [-0.15, -0.1) is 0 Å². The van der Waals surface area contributed by atoms with Crippen molar-refractivity contribution < 1.29 is 19.1 Å². The van der Waals surface area contributed by atoms with Gasteiger partial charge in [-0.05, 0) is 37.8 Å². The number of para-hydroxylation sites is 1. The Balaban J connectivity index is 1.96. The molecule has 5 heteroatoms. The van der Waals surface area contributed by atoms with Gasteiger partial charge in [-0.2, -0.15) is 0 Å². The van der Waals surface area contributed by atoms with Crippen molar-refractivity contribution in [2.24, 2.45) is 5.92 Å². The van der Waals surface area contributed by atoms with E-state index in [0.29, 0.717) is 32.4 Å². The lowest BCUT2D eigenvalue weighted by Crippen LogP contribution is -2.46. The first-order valence-corrected chi connectivity index (χ1v) is 8.15. The van der Waals surface area contributed by atoms with Crippen LogP contribution in [0, 0.1) is 12.8 Å². The second-order valence-corrected chi connectivity index (χ2v) is 5.90. The van der Waals surface area contributed by atoms with Gasteiger partial charge in [-0.3, -0.25) is 9.59 Å². The van der Waals surface area contributed by atoms with E-state index < -0.39 is 6.10 Å². The molecule has 0 bridgehead atoms. The summed E-state index contributed by atoms with van der Waals surface area (Å²) < 4.78 is 10.7. The van der Waals surface area contributed by atoms with Gasteiger partial charge in [-0.1, -0.05) is 25.1 Å². The van der Waals surface area contributed by atoms with Crippen LogP contribution in [0.1, 0.15) is 31.7 Å². The van der Waals surface area contributed by atoms with Crippen LogP contribution < -0.4 is 4.74 Å². The molecule has 0 N–H and O–H groups in total. The first-order valence-electron chi connectivity index (χ1n) is 8.15. The van der Waals surface area contributed by atoms with Crippen molar-refractivity contribution in [3.63, 3.8) is 0 Å². The zero-order valence-corrected chi connectivity index (χ0v) is 14.1. The Morgan fingerprint density at radius 1 is 1.26 bits per heavy atom. The minimum atomic E-state index is -0.481. The molecule has 1 aliphatic heterocycles. The van der Waals surface area contributed by atoms with E-state index in [-0.39, 0.29) is 17.8 Å². The summed E-state index contributed by atoms with van der Waals surface area (Å²) in [5.41, 5.74) is 1.02. The normalized spacial score (nSPS) is 16.7. The van der Waals surface area contributed by atoms with Crippen molar-refractivity contribution >= 4 is 11.9 Å². The maximum Gasteiger partial charge on any atom is 0.308 e. The van der Waals surface area contributed by atoms with Gasteiger partial charge in [0.1, 0.15) is 5.75 Å². The summed E-state index contributed by atoms with van der Waals surface area (Å²) in [5.74, 6) is 0.470. The van der Waals surface area contributed by atoms with E-state index in [1.807, 2.05) is 38.1 Å². The van der Waals surface area contributed by atoms with E-state index in [2.05, 4.69) is 0 Å². The fraction of sp³-hybridized carbons (Fsp3) is 0.556. The van der Waals surface area contributed by atoms with Crippen molar-refractivity contribution in [1.29, 1.82) is 0 Å². The number of nitrogens with zero attached hydrogens (tertiary/aromatic N) is 1. The number of hydrogen-bond donors (Lipinski definition) is 0. The Morgan fingerprint density at radius 3 is 2.48 bits per heavy atom. The number of hydrogen-bond acceptors (Lipinski definition) is 4. The number of carbonyl (C=O) groups is 2. The Labute approximate surface area is 137 Å². The number of esters is 1. The number of ether oxygens (including phenoxy) is 2. The van der Waals surface area contributed by atoms with E-state index >= 15 is 0 Å². The molecular weight excluding hydrogens is 294 g/mol. The number of likely N-dealkylation sites (tertiary alicyclic amines) is 1. The average molecular weight is 319 g/mol. The van der Waals surface area contributed by atoms with Crippen molar-refractivity contribution in [3.05, 3.63) is 29.8 Å². The van der Waals surface area contributed by atoms with Gasteiger partial charge in [-0.25, -0.2) is 0 Å². The van der Waals surface area contributed by atoms with Crippen molar-refractivity contribution in [2.75, 3.05) is 20.2 Å². The lowest BCUT2D eigenvalue weighted by atomic mass is 9.96. The Morgan fingerprint density at radius 2 is 1.91 bits per heavy atom. The van der Waals surface area contributed by atoms with Gasteiger partial charge in [0, 0.05) is 13.1 Å². The molecule has 0 aromatic heterocycles. The van der Waals surface area contributed by atoms with E-state index in [1.54, 1.807) is 4.90 Å². The number of methoxy groups -OCH3 is 1. The summed E-state index contributed by atoms with van der Waals surface area (Å²) in [6, 6.07) is 7.70. The molecule has 1 fully saturated rings. The number of carbonyl (C=O) groups excluding carboxylic acids is 2. The number of benzene rings is 1. The van der Waals surface area contributed by atoms with Crippen molar-refractivity contribution in [3.8, 4) is 5.75 Å². The highest BCUT2D eigenvalue weighted by Gasteiger charge is 2.31. The quantitative estimate of drug-likeness (QED) is 0.783. The molecule has 1 atom stereocenters. The third-order valence-corrected chi connectivity index (χ3v) is 4.35. The van der Waals surface area contributed by atoms with Gasteiger partial charge >= 0.3 is 5.97 Å². The van der Waals surface area contributed by atoms with Crippen molar-refractivity contribution in [1.82, 2.24) is 4.90 Å². The standard InChI is InChI=1S/C18H25NO4/c1-4-15(23-16-8-6-5-7-13(16)2)17(20)19-11-9-14(10-12-19)18(21)22-3/h5-8,14-15H,4,9-12H2,1-3H3. The molecule has 1 heterocycles. The monoisotopic (exact) mass is 319 g/mol. The predicted molar refractivity (Wildman–Crippen MR) is 87.2 cm³/mol. The molecule has 1 saturated heterocycles. The second kappa shape index (κ2) is 7.99. The number of piperidine rings is 1. The van der Waals surface area contributed by atoms with Gasteiger partial charge in [0.25, 0.3) is 5.91 Å². The molecule has 0 saturated carbocycles. The molecule has 0 radical (unpaired) electrons. The summed E-state index contributed by atoms with van der Waals surface area (Å²) in [5, 5.41) is 0. The topological polar surface area (TPSA) is 55.8 Å². The van der Waals surface area contributed by atoms with Crippen LogP contribution in [0.4, 0.5) is 0 Å². The van der Waals surface area contributed by atoms with E-state index in [4.69, 9.17) is 9.47 Å². The van der Waals surface area contributed by atoms with E-state index in [0.717, 1.165) is 11.3 Å². The van der Waals surface area contributed by atoms with Crippen LogP contribution in [0.3, 0.4) is 0 Å². The molecule has 23 heavy (non-hydrogen) atoms. The molecule has 1 aromatic rings. The highest BCUT2D eigenvalue weighted by Crippen LogP contribution is 2.22. The average Bonchev–Trinajstić information content (AvgIpc) is 2.60. The zero-order chi connectivity index (χ0) is 16.8. The summed E-state index contributed by atoms with van der Waals surface area (Å²) in [7, 11) is 1.41. The SMILES string of the molecule is CCC(Oc1ccccc1C)C(=O)N1CCC(C(=O)OC)CC1. The summed E-state index contributed by atoms with van der Waals surface area (Å²) in [6.07, 6.45) is 1.44. The predicted octanol–water partition coefficient (Wildman–Crippen LogP) is 2.56. The van der Waals surface area contributed by atoms with Crippen LogP contribution in [-0.4, -0.2) is 43.1 Å². The lowest BCUT2D eigenvalue weighted by molar-refractivity contribution is -0.150. The molecule has 5 nitrogen and oxygen atoms in total. The first kappa shape index (κ1) is 17.3. The van der Waals surface area contributed by atoms with Crippen LogP contribution >= 0.6 is 0 Å². The van der Waals surface area contributed by atoms with E-state index in [9.17, 15) is 9.59 Å². The molecule has 0 aliphatic carbocycles. The smallest absolute Gasteiger partial charge is 0.308 e. The summed E-state index contributed by atoms with van der Waals surface area (Å²) in [4.78, 5) is 26.0. The molecule has 126 valence electrons. The highest BCUT2D eigenvalue weighted by atomic mass is 16.5. The van der Waals surface area contributed by atoms with Gasteiger partial charge < -0.3 is 14.4 Å². The highest BCUT2D eigenvalue weighted by molar-refractivity contribution is 5.82. The van der Waals surface area contributed by atoms with Crippen molar-refractivity contribution in [2.45, 2.75) is 39.2 Å². The van der Waals surface area contributed by atoms with Crippen LogP contribution in [0.15, 0.2) is 24.3 Å². The Kier molecular flexibility index (Phi) is 6.02. The van der Waals surface area contributed by atoms with Gasteiger partial charge in [0.2, 0.25) is 0 Å². The molecule has 0 spiro atoms. The molecule has 1 amide bonds. The maximum atomic E-state index is 12.7. The van der Waals surface area contributed by atoms with Crippen LogP contribution in [-0.2, 0) is 14.3 Å². The summed E-state index contributed by atoms with van der Waals surface area (Å²) >= 11 is 0. The molecule has 1 aliphatic rings. The second-order valence-electron chi connectivity index (χ2n) is 5.90. The molecule has 1 aromatic carbocycles. The fourth-order valence-electron chi connectivity index (χ4n) is 2.86. The summed E-state index contributed by atoms with van der Waals surface area (Å²) in [6.45, 7) is 5.06. The molecule has 1 unspecified atom stereocenters. The zero-order valence-electron chi connectivity index (χ0n) is 14.1. The lowest BCUT2D eigenvalue weighted by Gasteiger charge is -2.33. The fourth-order valence-corrected chi connectivity index (χ4v) is 2.86. The molecular formula is C18H25NO4. The van der Waals surface area contributed by atoms with Crippen LogP contribution in [0.5, 0.6) is 5.75 Å². The maximum absolute atomic E-state index is 12.7. The third kappa shape index (κ3) is 4.24. The van der Waals surface area contributed by atoms with E-state index in [1.165, 1.54) is 7.11 Å². The minimum Gasteiger partial charge on any atom is -0.480 e. The minimum absolute atomic E-state index is 0.000862. The van der Waals surface area contributed by atoms with Crippen LogP contribution in [0.2, 0.25) is 0 Å². The largest absolute Gasteiger partial charge is 0.480 e.